The van der Waals surface area contributed by atoms with Crippen LogP contribution in [0.3, 0.4) is 0 Å². The minimum atomic E-state index is -0.248. The van der Waals surface area contributed by atoms with Crippen LogP contribution in [0.5, 0.6) is 0 Å². The van der Waals surface area contributed by atoms with E-state index in [1.54, 1.807) is 11.8 Å². The summed E-state index contributed by atoms with van der Waals surface area (Å²) in [6, 6.07) is 10.2. The highest BCUT2D eigenvalue weighted by atomic mass is 32.2. The molecule has 26 heavy (non-hydrogen) atoms. The van der Waals surface area contributed by atoms with Gasteiger partial charge >= 0.3 is 0 Å². The van der Waals surface area contributed by atoms with Crippen LogP contribution in [0.1, 0.15) is 56.9 Å². The lowest BCUT2D eigenvalue weighted by Crippen LogP contribution is -2.39. The van der Waals surface area contributed by atoms with Crippen molar-refractivity contribution in [1.82, 2.24) is 9.80 Å². The van der Waals surface area contributed by atoms with Gasteiger partial charge in [0.15, 0.2) is 0 Å². The lowest BCUT2D eigenvalue weighted by molar-refractivity contribution is -0.136. The van der Waals surface area contributed by atoms with Crippen molar-refractivity contribution in [2.24, 2.45) is 5.92 Å². The molecule has 3 rings (SSSR count). The summed E-state index contributed by atoms with van der Waals surface area (Å²) in [5, 5.41) is -0.219. The Morgan fingerprint density at radius 2 is 1.85 bits per heavy atom. The number of rotatable bonds is 6. The molecular formula is C21H30N2O2S. The van der Waals surface area contributed by atoms with E-state index < -0.39 is 0 Å². The minimum absolute atomic E-state index is 0.0293. The molecule has 0 spiro atoms. The smallest absolute Gasteiger partial charge is 0.237 e. The highest BCUT2D eigenvalue weighted by Gasteiger charge is 2.42. The fraction of sp³-hybridized carbons (Fsp3) is 0.619. The molecule has 2 heterocycles. The molecule has 0 saturated carbocycles. The van der Waals surface area contributed by atoms with E-state index >= 15 is 0 Å². The van der Waals surface area contributed by atoms with Crippen LogP contribution in [0.2, 0.25) is 0 Å². The van der Waals surface area contributed by atoms with Gasteiger partial charge in [-0.15, -0.1) is 11.8 Å². The minimum Gasteiger partial charge on any atom is -0.343 e. The Morgan fingerprint density at radius 3 is 2.50 bits per heavy atom. The Bertz CT molecular complexity index is 614. The van der Waals surface area contributed by atoms with Gasteiger partial charge in [0.25, 0.3) is 0 Å². The molecule has 2 amide bonds. The van der Waals surface area contributed by atoms with Crippen molar-refractivity contribution in [1.29, 1.82) is 0 Å². The van der Waals surface area contributed by atoms with E-state index in [0.29, 0.717) is 12.3 Å². The van der Waals surface area contributed by atoms with Crippen molar-refractivity contribution < 1.29 is 9.59 Å². The monoisotopic (exact) mass is 374 g/mol. The van der Waals surface area contributed by atoms with Gasteiger partial charge in [0, 0.05) is 26.1 Å². The Labute approximate surface area is 161 Å². The Balaban J connectivity index is 1.70. The lowest BCUT2D eigenvalue weighted by Gasteiger charge is -2.27. The zero-order valence-corrected chi connectivity index (χ0v) is 16.7. The Hall–Kier alpha value is -1.49. The van der Waals surface area contributed by atoms with E-state index in [0.717, 1.165) is 44.5 Å². The van der Waals surface area contributed by atoms with Gasteiger partial charge in [-0.2, -0.15) is 0 Å². The van der Waals surface area contributed by atoms with E-state index in [9.17, 15) is 9.59 Å². The molecule has 2 saturated heterocycles. The van der Waals surface area contributed by atoms with E-state index in [1.807, 2.05) is 28.0 Å². The van der Waals surface area contributed by atoms with Gasteiger partial charge in [-0.25, -0.2) is 0 Å². The molecule has 0 radical (unpaired) electrons. The SMILES string of the molecule is CC(C)CCN1C(=O)C(CC(=O)N2CCCCC2)SC1c1ccccc1. The van der Waals surface area contributed by atoms with Gasteiger partial charge in [0.2, 0.25) is 11.8 Å². The molecule has 1 aromatic carbocycles. The first-order chi connectivity index (χ1) is 12.6. The summed E-state index contributed by atoms with van der Waals surface area (Å²) in [6.45, 7) is 6.83. The molecule has 142 valence electrons. The first kappa shape index (κ1) is 19.3. The zero-order valence-electron chi connectivity index (χ0n) is 15.9. The van der Waals surface area contributed by atoms with Crippen molar-refractivity contribution in [3.63, 3.8) is 0 Å². The molecule has 5 heteroatoms. The number of amides is 2. The zero-order chi connectivity index (χ0) is 18.5. The van der Waals surface area contributed by atoms with Gasteiger partial charge < -0.3 is 9.80 Å². The van der Waals surface area contributed by atoms with Crippen LogP contribution in [0, 0.1) is 5.92 Å². The van der Waals surface area contributed by atoms with Gasteiger partial charge in [-0.1, -0.05) is 44.2 Å². The number of nitrogens with zero attached hydrogens (tertiary/aromatic N) is 2. The summed E-state index contributed by atoms with van der Waals surface area (Å²) < 4.78 is 0. The van der Waals surface area contributed by atoms with Crippen molar-refractivity contribution in [3.05, 3.63) is 35.9 Å². The number of hydrogen-bond acceptors (Lipinski definition) is 3. The van der Waals surface area contributed by atoms with Crippen LogP contribution in [0.4, 0.5) is 0 Å². The summed E-state index contributed by atoms with van der Waals surface area (Å²) in [4.78, 5) is 29.7. The van der Waals surface area contributed by atoms with E-state index in [4.69, 9.17) is 0 Å². The van der Waals surface area contributed by atoms with E-state index in [1.165, 1.54) is 6.42 Å². The molecule has 2 aliphatic rings. The summed E-state index contributed by atoms with van der Waals surface area (Å²) >= 11 is 1.65. The van der Waals surface area contributed by atoms with Crippen LogP contribution in [-0.2, 0) is 9.59 Å². The lowest BCUT2D eigenvalue weighted by atomic mass is 10.1. The molecule has 2 fully saturated rings. The molecule has 0 N–H and O–H groups in total. The van der Waals surface area contributed by atoms with Crippen molar-refractivity contribution in [2.45, 2.75) is 56.6 Å². The van der Waals surface area contributed by atoms with Gasteiger partial charge in [-0.3, -0.25) is 9.59 Å². The number of carbonyl (C=O) groups excluding carboxylic acids is 2. The summed E-state index contributed by atoms with van der Waals surface area (Å²) in [5.74, 6) is 0.834. The number of piperidine rings is 1. The fourth-order valence-corrected chi connectivity index (χ4v) is 5.13. The molecule has 2 unspecified atom stereocenters. The molecule has 0 bridgehead atoms. The largest absolute Gasteiger partial charge is 0.343 e. The van der Waals surface area contributed by atoms with Crippen LogP contribution < -0.4 is 0 Å². The van der Waals surface area contributed by atoms with E-state index in [-0.39, 0.29) is 22.4 Å². The molecular weight excluding hydrogens is 344 g/mol. The number of likely N-dealkylation sites (tertiary alicyclic amines) is 1. The molecule has 4 nitrogen and oxygen atoms in total. The van der Waals surface area contributed by atoms with Crippen LogP contribution in [0.25, 0.3) is 0 Å². The normalized spacial score (nSPS) is 23.7. The van der Waals surface area contributed by atoms with Gasteiger partial charge in [-0.05, 0) is 37.2 Å². The third-order valence-corrected chi connectivity index (χ3v) is 6.72. The molecule has 0 aliphatic carbocycles. The summed E-state index contributed by atoms with van der Waals surface area (Å²) in [7, 11) is 0. The standard InChI is InChI=1S/C21H30N2O2S/c1-16(2)11-14-23-20(25)18(15-19(24)22-12-7-4-8-13-22)26-21(23)17-9-5-3-6-10-17/h3,5-6,9-10,16,18,21H,4,7-8,11-15H2,1-2H3. The van der Waals surface area contributed by atoms with Crippen molar-refractivity contribution in [2.75, 3.05) is 19.6 Å². The summed E-state index contributed by atoms with van der Waals surface area (Å²) in [5.41, 5.74) is 1.16. The maximum absolute atomic E-state index is 13.1. The molecule has 2 atom stereocenters. The van der Waals surface area contributed by atoms with Crippen molar-refractivity contribution in [3.8, 4) is 0 Å². The highest BCUT2D eigenvalue weighted by molar-refractivity contribution is 8.01. The average molecular weight is 375 g/mol. The van der Waals surface area contributed by atoms with E-state index in [2.05, 4.69) is 26.0 Å². The number of thioether (sulfide) groups is 1. The first-order valence-corrected chi connectivity index (χ1v) is 10.8. The van der Waals surface area contributed by atoms with Gasteiger partial charge in [0.05, 0.1) is 5.25 Å². The number of hydrogen-bond donors (Lipinski definition) is 0. The predicted molar refractivity (Wildman–Crippen MR) is 107 cm³/mol. The topological polar surface area (TPSA) is 40.6 Å². The van der Waals surface area contributed by atoms with Crippen LogP contribution in [-0.4, -0.2) is 46.5 Å². The molecule has 2 aliphatic heterocycles. The average Bonchev–Trinajstić information content (AvgIpc) is 2.97. The van der Waals surface area contributed by atoms with Crippen molar-refractivity contribution >= 4 is 23.6 Å². The fourth-order valence-electron chi connectivity index (χ4n) is 3.66. The number of carbonyl (C=O) groups is 2. The predicted octanol–water partition coefficient (Wildman–Crippen LogP) is 4.08. The second-order valence-electron chi connectivity index (χ2n) is 7.75. The number of benzene rings is 1. The third kappa shape index (κ3) is 4.61. The maximum Gasteiger partial charge on any atom is 0.237 e. The second-order valence-corrected chi connectivity index (χ2v) is 9.04. The van der Waals surface area contributed by atoms with Crippen LogP contribution >= 0.6 is 11.8 Å². The summed E-state index contributed by atoms with van der Waals surface area (Å²) in [6.07, 6.45) is 4.71. The van der Waals surface area contributed by atoms with Gasteiger partial charge in [0.1, 0.15) is 5.37 Å². The third-order valence-electron chi connectivity index (χ3n) is 5.24. The maximum atomic E-state index is 13.1. The first-order valence-electron chi connectivity index (χ1n) is 9.85. The molecule has 1 aromatic rings. The van der Waals surface area contributed by atoms with Crippen LogP contribution in [0.15, 0.2) is 30.3 Å². The molecule has 0 aromatic heterocycles. The quantitative estimate of drug-likeness (QED) is 0.753. The highest BCUT2D eigenvalue weighted by Crippen LogP contribution is 2.44. The Morgan fingerprint density at radius 1 is 1.15 bits per heavy atom. The Kier molecular flexibility index (Phi) is 6.63. The second kappa shape index (κ2) is 8.94.